The summed E-state index contributed by atoms with van der Waals surface area (Å²) < 4.78 is 31.5. The summed E-state index contributed by atoms with van der Waals surface area (Å²) in [7, 11) is 1.54. The van der Waals surface area contributed by atoms with Crippen LogP contribution in [-0.2, 0) is 0 Å². The highest BCUT2D eigenvalue weighted by atomic mass is 19.2. The molecule has 102 valence electrons. The van der Waals surface area contributed by atoms with Crippen LogP contribution in [0.1, 0.15) is 0 Å². The summed E-state index contributed by atoms with van der Waals surface area (Å²) in [4.78, 5) is 7.14. The second kappa shape index (κ2) is 4.48. The van der Waals surface area contributed by atoms with Crippen LogP contribution in [-0.4, -0.2) is 17.1 Å². The number of fused-ring (bicyclic) bond motifs is 1. The Morgan fingerprint density at radius 2 is 1.90 bits per heavy atom. The van der Waals surface area contributed by atoms with Gasteiger partial charge in [-0.15, -0.1) is 0 Å². The molecule has 0 aliphatic carbocycles. The van der Waals surface area contributed by atoms with Gasteiger partial charge in [-0.25, -0.2) is 13.8 Å². The minimum Gasteiger partial charge on any atom is -0.497 e. The normalized spacial score (nSPS) is 10.9. The predicted molar refractivity (Wildman–Crippen MR) is 72.4 cm³/mol. The summed E-state index contributed by atoms with van der Waals surface area (Å²) >= 11 is 0. The van der Waals surface area contributed by atoms with Gasteiger partial charge in [0.05, 0.1) is 18.1 Å². The molecule has 3 aromatic rings. The number of hydrogen-bond donors (Lipinski definition) is 2. The van der Waals surface area contributed by atoms with Gasteiger partial charge in [-0.2, -0.15) is 0 Å². The molecule has 0 bridgehead atoms. The SMILES string of the molecule is COc1ccc(N)c(-c2nc3cc(F)c(F)cc3[nH]2)c1. The van der Waals surface area contributed by atoms with Gasteiger partial charge in [0.15, 0.2) is 11.6 Å². The number of halogens is 2. The molecule has 0 saturated carbocycles. The third-order valence-corrected chi connectivity index (χ3v) is 3.04. The number of ether oxygens (including phenoxy) is 1. The first-order valence-corrected chi connectivity index (χ1v) is 5.87. The highest BCUT2D eigenvalue weighted by molar-refractivity contribution is 5.83. The fourth-order valence-electron chi connectivity index (χ4n) is 2.00. The van der Waals surface area contributed by atoms with Gasteiger partial charge < -0.3 is 15.5 Å². The van der Waals surface area contributed by atoms with E-state index in [1.807, 2.05) is 0 Å². The minimum absolute atomic E-state index is 0.334. The number of aromatic nitrogens is 2. The van der Waals surface area contributed by atoms with E-state index >= 15 is 0 Å². The summed E-state index contributed by atoms with van der Waals surface area (Å²) in [5, 5.41) is 0. The van der Waals surface area contributed by atoms with Gasteiger partial charge in [0.2, 0.25) is 0 Å². The van der Waals surface area contributed by atoms with E-state index in [-0.39, 0.29) is 0 Å². The average molecular weight is 275 g/mol. The smallest absolute Gasteiger partial charge is 0.161 e. The molecule has 4 nitrogen and oxygen atoms in total. The number of nitrogens with two attached hydrogens (primary N) is 1. The third-order valence-electron chi connectivity index (χ3n) is 3.04. The maximum absolute atomic E-state index is 13.2. The molecule has 1 heterocycles. The summed E-state index contributed by atoms with van der Waals surface area (Å²) in [5.74, 6) is -0.811. The summed E-state index contributed by atoms with van der Waals surface area (Å²) in [6, 6.07) is 7.22. The fourth-order valence-corrected chi connectivity index (χ4v) is 2.00. The lowest BCUT2D eigenvalue weighted by atomic mass is 10.1. The fraction of sp³-hybridized carbons (Fsp3) is 0.0714. The zero-order valence-electron chi connectivity index (χ0n) is 10.6. The maximum atomic E-state index is 13.2. The van der Waals surface area contributed by atoms with E-state index in [1.54, 1.807) is 25.3 Å². The number of nitrogens with one attached hydrogen (secondary N) is 1. The van der Waals surface area contributed by atoms with Gasteiger partial charge >= 0.3 is 0 Å². The molecular weight excluding hydrogens is 264 g/mol. The van der Waals surface area contributed by atoms with Crippen LogP contribution >= 0.6 is 0 Å². The van der Waals surface area contributed by atoms with Crippen LogP contribution < -0.4 is 10.5 Å². The molecule has 20 heavy (non-hydrogen) atoms. The molecular formula is C14H11F2N3O. The van der Waals surface area contributed by atoms with Crippen molar-refractivity contribution in [1.29, 1.82) is 0 Å². The Balaban J connectivity index is 2.19. The molecule has 3 rings (SSSR count). The molecule has 0 atom stereocenters. The topological polar surface area (TPSA) is 63.9 Å². The van der Waals surface area contributed by atoms with Gasteiger partial charge in [-0.05, 0) is 18.2 Å². The first kappa shape index (κ1) is 12.4. The second-order valence-corrected chi connectivity index (χ2v) is 4.32. The zero-order valence-corrected chi connectivity index (χ0v) is 10.6. The molecule has 6 heteroatoms. The molecule has 1 aromatic heterocycles. The van der Waals surface area contributed by atoms with Crippen LogP contribution in [0.5, 0.6) is 5.75 Å². The number of H-pyrrole nitrogens is 1. The van der Waals surface area contributed by atoms with Crippen molar-refractivity contribution in [3.05, 3.63) is 42.0 Å². The van der Waals surface area contributed by atoms with Crippen molar-refractivity contribution >= 4 is 16.7 Å². The first-order valence-electron chi connectivity index (χ1n) is 5.87. The number of nitrogen functional groups attached to an aromatic ring is 1. The molecule has 0 radical (unpaired) electrons. The summed E-state index contributed by atoms with van der Waals surface area (Å²) in [6.45, 7) is 0. The lowest BCUT2D eigenvalue weighted by molar-refractivity contribution is 0.415. The van der Waals surface area contributed by atoms with Gasteiger partial charge in [-0.3, -0.25) is 0 Å². The Hall–Kier alpha value is -2.63. The lowest BCUT2D eigenvalue weighted by Gasteiger charge is -2.05. The number of methoxy groups -OCH3 is 1. The van der Waals surface area contributed by atoms with Crippen LogP contribution in [0.25, 0.3) is 22.4 Å². The van der Waals surface area contributed by atoms with E-state index in [0.29, 0.717) is 33.9 Å². The van der Waals surface area contributed by atoms with Gasteiger partial charge in [0.25, 0.3) is 0 Å². The van der Waals surface area contributed by atoms with E-state index in [0.717, 1.165) is 12.1 Å². The van der Waals surface area contributed by atoms with Gasteiger partial charge in [0, 0.05) is 23.4 Å². The molecule has 0 fully saturated rings. The van der Waals surface area contributed by atoms with Crippen molar-refractivity contribution in [2.75, 3.05) is 12.8 Å². The Morgan fingerprint density at radius 3 is 2.65 bits per heavy atom. The van der Waals surface area contributed by atoms with Crippen molar-refractivity contribution in [2.24, 2.45) is 0 Å². The molecule has 0 spiro atoms. The number of aromatic amines is 1. The van der Waals surface area contributed by atoms with Crippen LogP contribution in [0.15, 0.2) is 30.3 Å². The number of nitrogens with zero attached hydrogens (tertiary/aromatic N) is 1. The first-order chi connectivity index (χ1) is 9.58. The number of rotatable bonds is 2. The van der Waals surface area contributed by atoms with Crippen molar-refractivity contribution < 1.29 is 13.5 Å². The number of imidazole rings is 1. The molecule has 3 N–H and O–H groups in total. The molecule has 0 aliphatic heterocycles. The van der Waals surface area contributed by atoms with Crippen molar-refractivity contribution in [3.8, 4) is 17.1 Å². The van der Waals surface area contributed by atoms with Crippen LogP contribution in [0, 0.1) is 11.6 Å². The maximum Gasteiger partial charge on any atom is 0.161 e. The largest absolute Gasteiger partial charge is 0.497 e. The van der Waals surface area contributed by atoms with Gasteiger partial charge in [-0.1, -0.05) is 0 Å². The predicted octanol–water partition coefficient (Wildman–Crippen LogP) is 3.10. The molecule has 0 amide bonds. The Morgan fingerprint density at radius 1 is 1.15 bits per heavy atom. The summed E-state index contributed by atoms with van der Waals surface area (Å²) in [6.07, 6.45) is 0. The van der Waals surface area contributed by atoms with E-state index in [1.165, 1.54) is 0 Å². The molecule has 0 saturated heterocycles. The quantitative estimate of drug-likeness (QED) is 0.706. The van der Waals surface area contributed by atoms with Gasteiger partial charge in [0.1, 0.15) is 11.6 Å². The zero-order chi connectivity index (χ0) is 14.3. The number of benzene rings is 2. The minimum atomic E-state index is -0.936. The molecule has 2 aromatic carbocycles. The Kier molecular flexibility index (Phi) is 2.78. The number of hydrogen-bond acceptors (Lipinski definition) is 3. The monoisotopic (exact) mass is 275 g/mol. The van der Waals surface area contributed by atoms with Crippen LogP contribution in [0.4, 0.5) is 14.5 Å². The third kappa shape index (κ3) is 1.95. The molecule has 0 unspecified atom stereocenters. The Labute approximate surface area is 113 Å². The van der Waals surface area contributed by atoms with Crippen LogP contribution in [0.2, 0.25) is 0 Å². The highest BCUT2D eigenvalue weighted by Gasteiger charge is 2.12. The van der Waals surface area contributed by atoms with Crippen LogP contribution in [0.3, 0.4) is 0 Å². The van der Waals surface area contributed by atoms with Crippen molar-refractivity contribution in [1.82, 2.24) is 9.97 Å². The van der Waals surface area contributed by atoms with Crippen molar-refractivity contribution in [2.45, 2.75) is 0 Å². The number of anilines is 1. The van der Waals surface area contributed by atoms with E-state index < -0.39 is 11.6 Å². The van der Waals surface area contributed by atoms with E-state index in [2.05, 4.69) is 9.97 Å². The van der Waals surface area contributed by atoms with Crippen molar-refractivity contribution in [3.63, 3.8) is 0 Å². The highest BCUT2D eigenvalue weighted by Crippen LogP contribution is 2.29. The summed E-state index contributed by atoms with van der Waals surface area (Å²) in [5.41, 5.74) is 7.74. The van der Waals surface area contributed by atoms with E-state index in [4.69, 9.17) is 10.5 Å². The second-order valence-electron chi connectivity index (χ2n) is 4.32. The Bertz CT molecular complexity index is 759. The molecule has 0 aliphatic rings. The lowest BCUT2D eigenvalue weighted by Crippen LogP contribution is -1.92. The average Bonchev–Trinajstić information content (AvgIpc) is 2.82. The van der Waals surface area contributed by atoms with E-state index in [9.17, 15) is 8.78 Å². The standard InChI is InChI=1S/C14H11F2N3O/c1-20-7-2-3-11(17)8(4-7)14-18-12-5-9(15)10(16)6-13(12)19-14/h2-6H,17H2,1H3,(H,18,19).